The lowest BCUT2D eigenvalue weighted by atomic mass is 9.99. The van der Waals surface area contributed by atoms with E-state index in [0.29, 0.717) is 11.3 Å². The molecular formula is C19H13ClFNO. The van der Waals surface area contributed by atoms with Crippen LogP contribution in [-0.4, -0.2) is 5.91 Å². The van der Waals surface area contributed by atoms with Gasteiger partial charge in [-0.05, 0) is 59.0 Å². The van der Waals surface area contributed by atoms with Gasteiger partial charge in [-0.1, -0.05) is 35.9 Å². The minimum Gasteiger partial charge on any atom is -0.322 e. The van der Waals surface area contributed by atoms with Crippen LogP contribution in [0.2, 0.25) is 5.02 Å². The summed E-state index contributed by atoms with van der Waals surface area (Å²) in [6.45, 7) is 0. The molecule has 0 atom stereocenters. The first-order chi connectivity index (χ1) is 11.1. The number of amides is 1. The molecule has 3 aromatic rings. The number of aryl methyl sites for hydroxylation is 2. The summed E-state index contributed by atoms with van der Waals surface area (Å²) in [7, 11) is 0. The number of nitrogens with one attached hydrogen (secondary N) is 1. The lowest BCUT2D eigenvalue weighted by Gasteiger charge is -2.10. The molecular weight excluding hydrogens is 313 g/mol. The van der Waals surface area contributed by atoms with Crippen molar-refractivity contribution in [2.24, 2.45) is 0 Å². The third-order valence-electron chi connectivity index (χ3n) is 4.30. The highest BCUT2D eigenvalue weighted by Gasteiger charge is 2.18. The van der Waals surface area contributed by atoms with Crippen molar-refractivity contribution in [3.8, 4) is 0 Å². The first-order valence-corrected chi connectivity index (χ1v) is 7.81. The van der Waals surface area contributed by atoms with Crippen molar-refractivity contribution < 1.29 is 9.18 Å². The fraction of sp³-hybridized carbons (Fsp3) is 0.105. The number of benzene rings is 3. The van der Waals surface area contributed by atoms with E-state index in [1.165, 1.54) is 34.7 Å². The zero-order valence-electron chi connectivity index (χ0n) is 12.2. The van der Waals surface area contributed by atoms with Crippen molar-refractivity contribution in [1.82, 2.24) is 0 Å². The van der Waals surface area contributed by atoms with Crippen LogP contribution >= 0.6 is 11.6 Å². The minimum atomic E-state index is -0.505. The van der Waals surface area contributed by atoms with Gasteiger partial charge in [-0.25, -0.2) is 4.39 Å². The van der Waals surface area contributed by atoms with E-state index in [1.54, 1.807) is 0 Å². The molecule has 0 aliphatic heterocycles. The van der Waals surface area contributed by atoms with Crippen molar-refractivity contribution in [2.45, 2.75) is 12.8 Å². The maximum Gasteiger partial charge on any atom is 0.256 e. The number of carbonyl (C=O) groups excluding carboxylic acids is 1. The van der Waals surface area contributed by atoms with Gasteiger partial charge in [-0.15, -0.1) is 0 Å². The molecule has 4 rings (SSSR count). The Morgan fingerprint density at radius 1 is 1.04 bits per heavy atom. The molecule has 0 bridgehead atoms. The van der Waals surface area contributed by atoms with Crippen molar-refractivity contribution >= 4 is 34.0 Å². The summed E-state index contributed by atoms with van der Waals surface area (Å²) in [5.74, 6) is -0.724. The second-order valence-electron chi connectivity index (χ2n) is 5.69. The standard InChI is InChI=1S/C19H13ClFNO/c20-16-10-13(7-9-17(16)21)22-19(23)15-8-6-12-5-4-11-2-1-3-14(15)18(11)12/h1-3,6-10H,4-5H2,(H,22,23). The van der Waals surface area contributed by atoms with Crippen LogP contribution in [0.1, 0.15) is 21.5 Å². The quantitative estimate of drug-likeness (QED) is 0.707. The van der Waals surface area contributed by atoms with E-state index < -0.39 is 5.82 Å². The first kappa shape index (κ1) is 14.2. The Balaban J connectivity index is 1.74. The summed E-state index contributed by atoms with van der Waals surface area (Å²) in [4.78, 5) is 12.6. The van der Waals surface area contributed by atoms with Gasteiger partial charge >= 0.3 is 0 Å². The summed E-state index contributed by atoms with van der Waals surface area (Å²) in [5, 5.41) is 4.93. The van der Waals surface area contributed by atoms with Crippen molar-refractivity contribution in [2.75, 3.05) is 5.32 Å². The van der Waals surface area contributed by atoms with E-state index in [4.69, 9.17) is 11.6 Å². The number of hydrogen-bond donors (Lipinski definition) is 1. The zero-order valence-corrected chi connectivity index (χ0v) is 13.0. The molecule has 0 spiro atoms. The van der Waals surface area contributed by atoms with Crippen molar-refractivity contribution in [3.05, 3.63) is 76.1 Å². The van der Waals surface area contributed by atoms with Crippen LogP contribution in [0.4, 0.5) is 10.1 Å². The predicted molar refractivity (Wildman–Crippen MR) is 90.7 cm³/mol. The second-order valence-corrected chi connectivity index (χ2v) is 6.10. The van der Waals surface area contributed by atoms with E-state index in [2.05, 4.69) is 11.4 Å². The second kappa shape index (κ2) is 5.36. The molecule has 0 fully saturated rings. The van der Waals surface area contributed by atoms with Crippen LogP contribution in [0.3, 0.4) is 0 Å². The third kappa shape index (κ3) is 2.37. The first-order valence-electron chi connectivity index (χ1n) is 7.43. The Morgan fingerprint density at radius 2 is 1.83 bits per heavy atom. The van der Waals surface area contributed by atoms with Crippen LogP contribution in [0.5, 0.6) is 0 Å². The van der Waals surface area contributed by atoms with E-state index in [0.717, 1.165) is 18.2 Å². The molecule has 0 radical (unpaired) electrons. The molecule has 1 amide bonds. The molecule has 114 valence electrons. The number of halogens is 2. The number of hydrogen-bond acceptors (Lipinski definition) is 1. The molecule has 4 heteroatoms. The Morgan fingerprint density at radius 3 is 2.61 bits per heavy atom. The summed E-state index contributed by atoms with van der Waals surface area (Å²) in [6, 6.07) is 14.1. The lowest BCUT2D eigenvalue weighted by molar-refractivity contribution is 0.102. The highest BCUT2D eigenvalue weighted by molar-refractivity contribution is 6.31. The number of rotatable bonds is 2. The van der Waals surface area contributed by atoms with Crippen LogP contribution in [-0.2, 0) is 12.8 Å². The van der Waals surface area contributed by atoms with E-state index in [-0.39, 0.29) is 10.9 Å². The molecule has 0 unspecified atom stereocenters. The zero-order chi connectivity index (χ0) is 16.0. The fourth-order valence-corrected chi connectivity index (χ4v) is 3.40. The van der Waals surface area contributed by atoms with Crippen LogP contribution < -0.4 is 5.32 Å². The van der Waals surface area contributed by atoms with Gasteiger partial charge in [0.1, 0.15) is 5.82 Å². The molecule has 23 heavy (non-hydrogen) atoms. The maximum atomic E-state index is 13.2. The van der Waals surface area contributed by atoms with Gasteiger partial charge < -0.3 is 5.32 Å². The topological polar surface area (TPSA) is 29.1 Å². The Kier molecular flexibility index (Phi) is 3.31. The monoisotopic (exact) mass is 325 g/mol. The van der Waals surface area contributed by atoms with Crippen LogP contribution in [0, 0.1) is 5.82 Å². The summed E-state index contributed by atoms with van der Waals surface area (Å²) < 4.78 is 13.2. The lowest BCUT2D eigenvalue weighted by Crippen LogP contribution is -2.12. The molecule has 0 saturated heterocycles. The normalized spacial score (nSPS) is 12.6. The minimum absolute atomic E-state index is 0.0109. The number of carbonyl (C=O) groups is 1. The Bertz CT molecular complexity index is 941. The van der Waals surface area contributed by atoms with Crippen molar-refractivity contribution in [3.63, 3.8) is 0 Å². The molecule has 0 heterocycles. The predicted octanol–water partition coefficient (Wildman–Crippen LogP) is 4.98. The van der Waals surface area contributed by atoms with E-state index >= 15 is 0 Å². The SMILES string of the molecule is O=C(Nc1ccc(F)c(Cl)c1)c1ccc2c3c(cccc13)CC2. The summed E-state index contributed by atoms with van der Waals surface area (Å²) in [6.07, 6.45) is 2.04. The van der Waals surface area contributed by atoms with Crippen LogP contribution in [0.25, 0.3) is 10.8 Å². The maximum absolute atomic E-state index is 13.2. The van der Waals surface area contributed by atoms with Gasteiger partial charge in [0, 0.05) is 11.3 Å². The smallest absolute Gasteiger partial charge is 0.256 e. The van der Waals surface area contributed by atoms with Gasteiger partial charge in [0.2, 0.25) is 0 Å². The Labute approximate surface area is 137 Å². The highest BCUT2D eigenvalue weighted by atomic mass is 35.5. The largest absolute Gasteiger partial charge is 0.322 e. The van der Waals surface area contributed by atoms with Gasteiger partial charge in [0.05, 0.1) is 5.02 Å². The molecule has 0 saturated carbocycles. The molecule has 2 nitrogen and oxygen atoms in total. The summed E-state index contributed by atoms with van der Waals surface area (Å²) in [5.41, 5.74) is 3.67. The molecule has 3 aromatic carbocycles. The highest BCUT2D eigenvalue weighted by Crippen LogP contribution is 2.33. The average Bonchev–Trinajstić information content (AvgIpc) is 2.97. The van der Waals surface area contributed by atoms with Gasteiger partial charge in [-0.3, -0.25) is 4.79 Å². The van der Waals surface area contributed by atoms with Gasteiger partial charge in [-0.2, -0.15) is 0 Å². The van der Waals surface area contributed by atoms with Crippen molar-refractivity contribution in [1.29, 1.82) is 0 Å². The number of anilines is 1. The molecule has 1 aliphatic rings. The Hall–Kier alpha value is -2.39. The van der Waals surface area contributed by atoms with Gasteiger partial charge in [0.25, 0.3) is 5.91 Å². The molecule has 1 N–H and O–H groups in total. The average molecular weight is 326 g/mol. The van der Waals surface area contributed by atoms with E-state index in [9.17, 15) is 9.18 Å². The van der Waals surface area contributed by atoms with E-state index in [1.807, 2.05) is 24.3 Å². The fourth-order valence-electron chi connectivity index (χ4n) is 3.22. The van der Waals surface area contributed by atoms with Crippen LogP contribution in [0.15, 0.2) is 48.5 Å². The van der Waals surface area contributed by atoms with Gasteiger partial charge in [0.15, 0.2) is 0 Å². The summed E-state index contributed by atoms with van der Waals surface area (Å²) >= 11 is 5.76. The molecule has 0 aromatic heterocycles. The third-order valence-corrected chi connectivity index (χ3v) is 4.59. The molecule has 1 aliphatic carbocycles.